The predicted octanol–water partition coefficient (Wildman–Crippen LogP) is 3.99. The first-order valence-corrected chi connectivity index (χ1v) is 12.6. The maximum Gasteiger partial charge on any atom is 0.353 e. The van der Waals surface area contributed by atoms with Crippen LogP contribution in [0.2, 0.25) is 0 Å². The van der Waals surface area contributed by atoms with Crippen LogP contribution in [-0.4, -0.2) is 45.5 Å². The van der Waals surface area contributed by atoms with Crippen LogP contribution in [0.25, 0.3) is 22.4 Å². The number of esters is 1. The van der Waals surface area contributed by atoms with Crippen LogP contribution in [0.4, 0.5) is 0 Å². The standard InChI is InChI=1S/C27H35N3O6.ClH/c1-4-5-6-7-17-8-10-18(11-9-17)21-12-19-14-30(27(33)29-25(19)36-21)23-13-20(31)22(35-23)15-34-26(32)24(28)16(2)3;/h8-12,14,16,20,22-24,31H,4-7,13,15,28H2,1-3H3;1H/t20?,22?,23?,24-;/m0./s1. The van der Waals surface area contributed by atoms with E-state index in [1.807, 2.05) is 32.0 Å². The Kier molecular flexibility index (Phi) is 9.89. The smallest absolute Gasteiger partial charge is 0.353 e. The molecule has 3 heterocycles. The number of fused-ring (bicyclic) bond motifs is 1. The number of hydrogen-bond acceptors (Lipinski definition) is 8. The van der Waals surface area contributed by atoms with Crippen molar-refractivity contribution in [2.75, 3.05) is 6.61 Å². The highest BCUT2D eigenvalue weighted by molar-refractivity contribution is 5.85. The van der Waals surface area contributed by atoms with Gasteiger partial charge in [0.15, 0.2) is 0 Å². The molecule has 1 aliphatic heterocycles. The lowest BCUT2D eigenvalue weighted by Gasteiger charge is -2.18. The van der Waals surface area contributed by atoms with Crippen LogP contribution in [-0.2, 0) is 20.7 Å². The fraction of sp³-hybridized carbons (Fsp3) is 0.519. The van der Waals surface area contributed by atoms with Crippen LogP contribution in [0.5, 0.6) is 0 Å². The van der Waals surface area contributed by atoms with E-state index in [-0.39, 0.29) is 37.1 Å². The number of carbonyl (C=O) groups is 1. The Morgan fingerprint density at radius 3 is 2.68 bits per heavy atom. The topological polar surface area (TPSA) is 130 Å². The molecular weight excluding hydrogens is 498 g/mol. The van der Waals surface area contributed by atoms with Crippen molar-refractivity contribution in [3.63, 3.8) is 0 Å². The SMILES string of the molecule is CCCCCc1ccc(-c2cc3cn(C4CC(O)C(COC(=O)[C@@H](N)C(C)C)O4)c(=O)nc3o2)cc1.Cl. The van der Waals surface area contributed by atoms with Crippen LogP contribution in [0, 0.1) is 5.92 Å². The summed E-state index contributed by atoms with van der Waals surface area (Å²) in [6, 6.07) is 9.31. The zero-order chi connectivity index (χ0) is 25.8. The first kappa shape index (κ1) is 28.8. The van der Waals surface area contributed by atoms with Crippen LogP contribution >= 0.6 is 12.4 Å². The number of hydrogen-bond donors (Lipinski definition) is 2. The van der Waals surface area contributed by atoms with Gasteiger partial charge >= 0.3 is 11.7 Å². The summed E-state index contributed by atoms with van der Waals surface area (Å²) in [5, 5.41) is 11.1. The van der Waals surface area contributed by atoms with Crippen molar-refractivity contribution >= 4 is 29.5 Å². The molecule has 1 aliphatic rings. The number of ether oxygens (including phenoxy) is 2. The molecule has 202 valence electrons. The molecule has 3 unspecified atom stereocenters. The van der Waals surface area contributed by atoms with Crippen LogP contribution in [0.15, 0.2) is 45.7 Å². The normalized spacial score (nSPS) is 20.2. The number of halogens is 1. The predicted molar refractivity (Wildman–Crippen MR) is 142 cm³/mol. The average Bonchev–Trinajstić information content (AvgIpc) is 3.44. The highest BCUT2D eigenvalue weighted by Crippen LogP contribution is 2.31. The molecule has 0 spiro atoms. The van der Waals surface area contributed by atoms with E-state index in [9.17, 15) is 14.7 Å². The second-order valence-electron chi connectivity index (χ2n) is 9.79. The molecule has 37 heavy (non-hydrogen) atoms. The molecule has 9 nitrogen and oxygen atoms in total. The maximum absolute atomic E-state index is 12.7. The first-order chi connectivity index (χ1) is 17.3. The Bertz CT molecular complexity index is 1240. The van der Waals surface area contributed by atoms with E-state index in [0.717, 1.165) is 12.0 Å². The quantitative estimate of drug-likeness (QED) is 0.295. The Balaban J connectivity index is 0.00000380. The number of furan rings is 1. The zero-order valence-corrected chi connectivity index (χ0v) is 22.3. The molecule has 0 aliphatic carbocycles. The third-order valence-electron chi connectivity index (χ3n) is 6.64. The van der Waals surface area contributed by atoms with Gasteiger partial charge in [-0.3, -0.25) is 9.36 Å². The van der Waals surface area contributed by atoms with Gasteiger partial charge in [-0.15, -0.1) is 12.4 Å². The summed E-state index contributed by atoms with van der Waals surface area (Å²) in [7, 11) is 0. The van der Waals surface area contributed by atoms with Gasteiger partial charge < -0.3 is 24.7 Å². The van der Waals surface area contributed by atoms with Gasteiger partial charge in [0.05, 0.1) is 11.5 Å². The van der Waals surface area contributed by atoms with Crippen molar-refractivity contribution < 1.29 is 23.8 Å². The molecule has 1 saturated heterocycles. The zero-order valence-electron chi connectivity index (χ0n) is 21.5. The number of nitrogens with two attached hydrogens (primary N) is 1. The van der Waals surface area contributed by atoms with Crippen molar-refractivity contribution in [3.05, 3.63) is 52.6 Å². The van der Waals surface area contributed by atoms with E-state index in [0.29, 0.717) is 11.1 Å². The molecule has 10 heteroatoms. The van der Waals surface area contributed by atoms with Gasteiger partial charge in [0, 0.05) is 18.2 Å². The van der Waals surface area contributed by atoms with Crippen molar-refractivity contribution in [1.29, 1.82) is 0 Å². The lowest BCUT2D eigenvalue weighted by atomic mass is 10.0. The summed E-state index contributed by atoms with van der Waals surface area (Å²) < 4.78 is 18.3. The molecule has 3 N–H and O–H groups in total. The third kappa shape index (κ3) is 6.78. The highest BCUT2D eigenvalue weighted by atomic mass is 35.5. The summed E-state index contributed by atoms with van der Waals surface area (Å²) in [6.07, 6.45) is 4.00. The number of aryl methyl sites for hydroxylation is 1. The Hall–Kier alpha value is -2.72. The number of nitrogens with zero attached hydrogens (tertiary/aromatic N) is 2. The van der Waals surface area contributed by atoms with E-state index in [1.54, 1.807) is 6.20 Å². The second-order valence-corrected chi connectivity index (χ2v) is 9.79. The van der Waals surface area contributed by atoms with E-state index >= 15 is 0 Å². The lowest BCUT2D eigenvalue weighted by Crippen LogP contribution is -2.39. The molecule has 0 bridgehead atoms. The van der Waals surface area contributed by atoms with E-state index in [4.69, 9.17) is 19.6 Å². The van der Waals surface area contributed by atoms with Gasteiger partial charge in [-0.1, -0.05) is 57.9 Å². The van der Waals surface area contributed by atoms with Gasteiger partial charge in [0.2, 0.25) is 5.71 Å². The summed E-state index contributed by atoms with van der Waals surface area (Å²) in [4.78, 5) is 28.8. The minimum Gasteiger partial charge on any atom is -0.462 e. The summed E-state index contributed by atoms with van der Waals surface area (Å²) in [5.74, 6) is -0.00235. The Labute approximate surface area is 222 Å². The number of carbonyl (C=O) groups excluding carboxylic acids is 1. The minimum atomic E-state index is -0.906. The number of unbranched alkanes of at least 4 members (excludes halogenated alkanes) is 2. The monoisotopic (exact) mass is 533 g/mol. The summed E-state index contributed by atoms with van der Waals surface area (Å²) in [5.41, 5.74) is 7.68. The van der Waals surface area contributed by atoms with Crippen LogP contribution < -0.4 is 11.4 Å². The highest BCUT2D eigenvalue weighted by Gasteiger charge is 2.37. The third-order valence-corrected chi connectivity index (χ3v) is 6.64. The summed E-state index contributed by atoms with van der Waals surface area (Å²) in [6.45, 7) is 5.69. The molecule has 0 radical (unpaired) electrons. The number of aromatic nitrogens is 2. The van der Waals surface area contributed by atoms with Crippen molar-refractivity contribution in [3.8, 4) is 11.3 Å². The van der Waals surface area contributed by atoms with Gasteiger partial charge in [0.25, 0.3) is 0 Å². The van der Waals surface area contributed by atoms with Crippen molar-refractivity contribution in [2.45, 2.75) is 77.4 Å². The van der Waals surface area contributed by atoms with Gasteiger partial charge in [-0.05, 0) is 30.4 Å². The number of aliphatic hydroxyl groups is 1. The lowest BCUT2D eigenvalue weighted by molar-refractivity contribution is -0.152. The van der Waals surface area contributed by atoms with E-state index in [2.05, 4.69) is 24.0 Å². The van der Waals surface area contributed by atoms with Crippen LogP contribution in [0.1, 0.15) is 58.2 Å². The van der Waals surface area contributed by atoms with E-state index < -0.39 is 36.1 Å². The fourth-order valence-corrected chi connectivity index (χ4v) is 4.26. The molecule has 1 fully saturated rings. The number of rotatable bonds is 10. The maximum atomic E-state index is 12.7. The molecule has 4 atom stereocenters. The van der Waals surface area contributed by atoms with Gasteiger partial charge in [-0.25, -0.2) is 4.79 Å². The van der Waals surface area contributed by atoms with Gasteiger partial charge in [-0.2, -0.15) is 4.98 Å². The van der Waals surface area contributed by atoms with E-state index in [1.165, 1.54) is 29.4 Å². The average molecular weight is 534 g/mol. The van der Waals surface area contributed by atoms with Crippen molar-refractivity contribution in [2.24, 2.45) is 11.7 Å². The first-order valence-electron chi connectivity index (χ1n) is 12.6. The van der Waals surface area contributed by atoms with Gasteiger partial charge in [0.1, 0.15) is 30.7 Å². The number of benzene rings is 1. The molecule has 3 aromatic rings. The molecule has 0 amide bonds. The second kappa shape index (κ2) is 12.7. The Morgan fingerprint density at radius 2 is 2.00 bits per heavy atom. The molecule has 1 aromatic carbocycles. The molecule has 0 saturated carbocycles. The Morgan fingerprint density at radius 1 is 1.27 bits per heavy atom. The minimum absolute atomic E-state index is 0. The number of aliphatic hydroxyl groups excluding tert-OH is 1. The summed E-state index contributed by atoms with van der Waals surface area (Å²) >= 11 is 0. The largest absolute Gasteiger partial charge is 0.462 e. The molecular formula is C27H36ClN3O6. The molecule has 4 rings (SSSR count). The fourth-order valence-electron chi connectivity index (χ4n) is 4.26. The van der Waals surface area contributed by atoms with Crippen LogP contribution in [0.3, 0.4) is 0 Å². The molecule has 2 aromatic heterocycles. The van der Waals surface area contributed by atoms with Crippen molar-refractivity contribution in [1.82, 2.24) is 9.55 Å².